The zero-order valence-corrected chi connectivity index (χ0v) is 11.0. The third kappa shape index (κ3) is 3.51. The maximum absolute atomic E-state index is 14.0. The van der Waals surface area contributed by atoms with Gasteiger partial charge >= 0.3 is 0 Å². The number of nitrogens with zero attached hydrogens (tertiary/aromatic N) is 2. The minimum Gasteiger partial charge on any atom is -0.368 e. The van der Waals surface area contributed by atoms with Gasteiger partial charge in [0.1, 0.15) is 5.82 Å². The number of hydrogen-bond donors (Lipinski definition) is 1. The van der Waals surface area contributed by atoms with Crippen molar-refractivity contribution in [3.8, 4) is 0 Å². The molecule has 0 unspecified atom stereocenters. The van der Waals surface area contributed by atoms with Crippen molar-refractivity contribution in [1.29, 1.82) is 0 Å². The van der Waals surface area contributed by atoms with Gasteiger partial charge in [0.15, 0.2) is 0 Å². The first kappa shape index (κ1) is 13.5. The zero-order chi connectivity index (χ0) is 13.7. The number of aromatic nitrogens is 1. The van der Waals surface area contributed by atoms with Gasteiger partial charge < -0.3 is 10.6 Å². The summed E-state index contributed by atoms with van der Waals surface area (Å²) in [6.07, 6.45) is 4.18. The summed E-state index contributed by atoms with van der Waals surface area (Å²) < 4.78 is 14.0. The third-order valence-corrected chi connectivity index (χ3v) is 3.03. The molecule has 1 aromatic heterocycles. The highest BCUT2D eigenvalue weighted by Gasteiger charge is 2.08. The molecule has 0 amide bonds. The van der Waals surface area contributed by atoms with Crippen LogP contribution in [0.4, 0.5) is 10.1 Å². The van der Waals surface area contributed by atoms with Crippen LogP contribution in [0.1, 0.15) is 11.1 Å². The maximum atomic E-state index is 14.0. The van der Waals surface area contributed by atoms with E-state index in [0.717, 1.165) is 11.1 Å². The molecule has 2 aromatic rings. The largest absolute Gasteiger partial charge is 0.368 e. The lowest BCUT2D eigenvalue weighted by atomic mass is 10.1. The molecule has 1 aromatic carbocycles. The number of halogens is 1. The van der Waals surface area contributed by atoms with Gasteiger partial charge in [-0.05, 0) is 48.4 Å². The number of pyridine rings is 1. The zero-order valence-electron chi connectivity index (χ0n) is 11.0. The molecule has 0 fully saturated rings. The molecular weight excluding hydrogens is 241 g/mol. The molecule has 0 aliphatic heterocycles. The SMILES string of the molecule is CN(Cc1ccncc1)c1ccc(CCN)cc1F. The highest BCUT2D eigenvalue weighted by atomic mass is 19.1. The Labute approximate surface area is 112 Å². The first-order chi connectivity index (χ1) is 9.20. The summed E-state index contributed by atoms with van der Waals surface area (Å²) in [4.78, 5) is 5.86. The molecule has 0 saturated carbocycles. The lowest BCUT2D eigenvalue weighted by Gasteiger charge is -2.20. The van der Waals surface area contributed by atoms with E-state index in [1.54, 1.807) is 18.5 Å². The van der Waals surface area contributed by atoms with Gasteiger partial charge in [0, 0.05) is 26.0 Å². The Balaban J connectivity index is 2.13. The highest BCUT2D eigenvalue weighted by Crippen LogP contribution is 2.21. The summed E-state index contributed by atoms with van der Waals surface area (Å²) in [6.45, 7) is 1.18. The fourth-order valence-corrected chi connectivity index (χ4v) is 2.03. The van der Waals surface area contributed by atoms with Crippen LogP contribution in [0.3, 0.4) is 0 Å². The van der Waals surface area contributed by atoms with Gasteiger partial charge in [-0.25, -0.2) is 4.39 Å². The van der Waals surface area contributed by atoms with Crippen LogP contribution in [0, 0.1) is 5.82 Å². The predicted molar refractivity (Wildman–Crippen MR) is 75.5 cm³/mol. The molecule has 0 aliphatic rings. The Morgan fingerprint density at radius 1 is 1.16 bits per heavy atom. The molecule has 0 radical (unpaired) electrons. The number of hydrogen-bond acceptors (Lipinski definition) is 3. The van der Waals surface area contributed by atoms with E-state index < -0.39 is 0 Å². The summed E-state index contributed by atoms with van der Waals surface area (Å²) in [5, 5.41) is 0. The highest BCUT2D eigenvalue weighted by molar-refractivity contribution is 5.49. The van der Waals surface area contributed by atoms with Gasteiger partial charge in [0.25, 0.3) is 0 Å². The van der Waals surface area contributed by atoms with E-state index in [1.165, 1.54) is 0 Å². The summed E-state index contributed by atoms with van der Waals surface area (Å²) in [5.41, 5.74) is 8.10. The summed E-state index contributed by atoms with van der Waals surface area (Å²) in [5.74, 6) is -0.206. The van der Waals surface area contributed by atoms with E-state index in [9.17, 15) is 4.39 Å². The quantitative estimate of drug-likeness (QED) is 0.896. The monoisotopic (exact) mass is 259 g/mol. The van der Waals surface area contributed by atoms with Gasteiger partial charge in [-0.1, -0.05) is 6.07 Å². The molecule has 0 atom stereocenters. The van der Waals surface area contributed by atoms with Crippen LogP contribution in [0.5, 0.6) is 0 Å². The Morgan fingerprint density at radius 3 is 2.53 bits per heavy atom. The number of anilines is 1. The maximum Gasteiger partial charge on any atom is 0.146 e. The van der Waals surface area contributed by atoms with Crippen molar-refractivity contribution in [1.82, 2.24) is 4.98 Å². The number of benzene rings is 1. The second-order valence-corrected chi connectivity index (χ2v) is 4.54. The van der Waals surface area contributed by atoms with Crippen molar-refractivity contribution in [2.75, 3.05) is 18.5 Å². The predicted octanol–water partition coefficient (Wildman–Crippen LogP) is 2.36. The van der Waals surface area contributed by atoms with E-state index in [2.05, 4.69) is 4.98 Å². The lowest BCUT2D eigenvalue weighted by Crippen LogP contribution is -2.18. The molecule has 1 heterocycles. The minimum atomic E-state index is -0.206. The van der Waals surface area contributed by atoms with Gasteiger partial charge in [0.05, 0.1) is 5.69 Å². The van der Waals surface area contributed by atoms with E-state index >= 15 is 0 Å². The van der Waals surface area contributed by atoms with Gasteiger partial charge in [-0.2, -0.15) is 0 Å². The second kappa shape index (κ2) is 6.29. The summed E-state index contributed by atoms with van der Waals surface area (Å²) >= 11 is 0. The van der Waals surface area contributed by atoms with Crippen LogP contribution in [0.2, 0.25) is 0 Å². The average Bonchev–Trinajstić information content (AvgIpc) is 2.40. The van der Waals surface area contributed by atoms with Crippen LogP contribution in [-0.4, -0.2) is 18.6 Å². The molecule has 2 rings (SSSR count). The molecule has 0 saturated heterocycles. The van der Waals surface area contributed by atoms with Crippen LogP contribution < -0.4 is 10.6 Å². The van der Waals surface area contributed by atoms with Gasteiger partial charge in [-0.15, -0.1) is 0 Å². The van der Waals surface area contributed by atoms with Crippen molar-refractivity contribution in [2.45, 2.75) is 13.0 Å². The smallest absolute Gasteiger partial charge is 0.146 e. The fourth-order valence-electron chi connectivity index (χ4n) is 2.03. The van der Waals surface area contributed by atoms with Crippen molar-refractivity contribution >= 4 is 5.69 Å². The van der Waals surface area contributed by atoms with Crippen LogP contribution >= 0.6 is 0 Å². The van der Waals surface area contributed by atoms with Crippen LogP contribution in [-0.2, 0) is 13.0 Å². The van der Waals surface area contributed by atoms with Gasteiger partial charge in [0.2, 0.25) is 0 Å². The lowest BCUT2D eigenvalue weighted by molar-refractivity contribution is 0.620. The molecule has 0 aliphatic carbocycles. The summed E-state index contributed by atoms with van der Waals surface area (Å²) in [6, 6.07) is 9.15. The van der Waals surface area contributed by atoms with Crippen LogP contribution in [0.15, 0.2) is 42.7 Å². The second-order valence-electron chi connectivity index (χ2n) is 4.54. The molecule has 19 heavy (non-hydrogen) atoms. The first-order valence-electron chi connectivity index (χ1n) is 6.29. The minimum absolute atomic E-state index is 0.206. The number of nitrogens with two attached hydrogens (primary N) is 1. The van der Waals surface area contributed by atoms with E-state index in [0.29, 0.717) is 25.2 Å². The topological polar surface area (TPSA) is 42.2 Å². The summed E-state index contributed by atoms with van der Waals surface area (Å²) in [7, 11) is 1.88. The molecule has 4 heteroatoms. The molecule has 2 N–H and O–H groups in total. The molecule has 0 bridgehead atoms. The molecule has 3 nitrogen and oxygen atoms in total. The molecule has 0 spiro atoms. The average molecular weight is 259 g/mol. The Bertz CT molecular complexity index is 528. The first-order valence-corrected chi connectivity index (χ1v) is 6.29. The number of rotatable bonds is 5. The van der Waals surface area contributed by atoms with E-state index in [1.807, 2.05) is 36.2 Å². The van der Waals surface area contributed by atoms with E-state index in [-0.39, 0.29) is 5.82 Å². The Hall–Kier alpha value is -1.94. The Morgan fingerprint density at radius 2 is 1.89 bits per heavy atom. The fraction of sp³-hybridized carbons (Fsp3) is 0.267. The van der Waals surface area contributed by atoms with Gasteiger partial charge in [-0.3, -0.25) is 4.98 Å². The van der Waals surface area contributed by atoms with E-state index in [4.69, 9.17) is 5.73 Å². The standard InChI is InChI=1S/C15H18FN3/c1-19(11-13-5-8-18-9-6-13)15-3-2-12(4-7-17)10-14(15)16/h2-3,5-6,8-10H,4,7,11,17H2,1H3. The third-order valence-electron chi connectivity index (χ3n) is 3.03. The normalized spacial score (nSPS) is 10.5. The van der Waals surface area contributed by atoms with Crippen molar-refractivity contribution < 1.29 is 4.39 Å². The molecular formula is C15H18FN3. The Kier molecular flexibility index (Phi) is 4.47. The molecule has 100 valence electrons. The van der Waals surface area contributed by atoms with Crippen LogP contribution in [0.25, 0.3) is 0 Å². The van der Waals surface area contributed by atoms with Crippen molar-refractivity contribution in [3.63, 3.8) is 0 Å². The van der Waals surface area contributed by atoms with Crippen molar-refractivity contribution in [2.24, 2.45) is 5.73 Å². The van der Waals surface area contributed by atoms with Crippen molar-refractivity contribution in [3.05, 3.63) is 59.7 Å².